The molecule has 0 fully saturated rings. The van der Waals surface area contributed by atoms with Crippen molar-refractivity contribution in [1.29, 1.82) is 0 Å². The summed E-state index contributed by atoms with van der Waals surface area (Å²) in [5.74, 6) is 0.644. The number of halogens is 1. The summed E-state index contributed by atoms with van der Waals surface area (Å²) in [6, 6.07) is 5.36. The highest BCUT2D eigenvalue weighted by Gasteiger charge is 2.23. The molecule has 3 rings (SSSR count). The highest BCUT2D eigenvalue weighted by molar-refractivity contribution is 6.31. The number of esters is 1. The lowest BCUT2D eigenvalue weighted by molar-refractivity contribution is -0.385. The summed E-state index contributed by atoms with van der Waals surface area (Å²) < 4.78 is 15.8. The van der Waals surface area contributed by atoms with Gasteiger partial charge in [0.25, 0.3) is 17.5 Å². The minimum atomic E-state index is -0.922. The molecule has 0 bridgehead atoms. The zero-order valence-corrected chi connectivity index (χ0v) is 14.4. The number of aryl methyl sites for hydroxylation is 2. The van der Waals surface area contributed by atoms with Gasteiger partial charge in [0.1, 0.15) is 17.1 Å². The molecule has 0 spiro atoms. The Labute approximate surface area is 151 Å². The standard InChI is InChI=1S/C16H12ClN3O6/c1-8-5-11(9(2)25-8)15-19-18-14(26-15)7-24-16(21)12-6-10(17)3-4-13(12)20(22)23/h3-6H,7H2,1-2H3. The first kappa shape index (κ1) is 17.6. The van der Waals surface area contributed by atoms with E-state index >= 15 is 0 Å². The summed E-state index contributed by atoms with van der Waals surface area (Å²) in [5.41, 5.74) is -0.0308. The summed E-state index contributed by atoms with van der Waals surface area (Å²) >= 11 is 5.79. The van der Waals surface area contributed by atoms with Gasteiger partial charge in [-0.3, -0.25) is 10.1 Å². The third-order valence-electron chi connectivity index (χ3n) is 3.44. The average molecular weight is 378 g/mol. The number of nitro benzene ring substituents is 1. The maximum absolute atomic E-state index is 12.1. The number of benzene rings is 1. The maximum atomic E-state index is 12.1. The zero-order valence-electron chi connectivity index (χ0n) is 13.7. The molecule has 3 aromatic rings. The van der Waals surface area contributed by atoms with Crippen LogP contribution in [0.5, 0.6) is 0 Å². The minimum Gasteiger partial charge on any atom is -0.466 e. The van der Waals surface area contributed by atoms with Gasteiger partial charge < -0.3 is 13.6 Å². The van der Waals surface area contributed by atoms with Gasteiger partial charge in [-0.2, -0.15) is 0 Å². The number of ether oxygens (including phenoxy) is 1. The van der Waals surface area contributed by atoms with Gasteiger partial charge in [-0.1, -0.05) is 11.6 Å². The molecule has 0 unspecified atom stereocenters. The van der Waals surface area contributed by atoms with Crippen molar-refractivity contribution >= 4 is 23.3 Å². The number of furan rings is 1. The van der Waals surface area contributed by atoms with E-state index in [1.165, 1.54) is 12.1 Å². The predicted molar refractivity (Wildman–Crippen MR) is 88.7 cm³/mol. The van der Waals surface area contributed by atoms with Gasteiger partial charge in [0.05, 0.1) is 10.5 Å². The van der Waals surface area contributed by atoms with E-state index in [2.05, 4.69) is 10.2 Å². The molecule has 0 saturated carbocycles. The molecule has 10 heteroatoms. The zero-order chi connectivity index (χ0) is 18.8. The Morgan fingerprint density at radius 2 is 2.04 bits per heavy atom. The number of aromatic nitrogens is 2. The first-order valence-electron chi connectivity index (χ1n) is 7.36. The van der Waals surface area contributed by atoms with Crippen LogP contribution in [0.2, 0.25) is 5.02 Å². The molecule has 0 atom stereocenters. The summed E-state index contributed by atoms with van der Waals surface area (Å²) in [6.45, 7) is 3.20. The molecule has 0 saturated heterocycles. The van der Waals surface area contributed by atoms with Crippen molar-refractivity contribution in [3.05, 3.63) is 62.4 Å². The number of hydrogen-bond acceptors (Lipinski definition) is 8. The van der Waals surface area contributed by atoms with E-state index < -0.39 is 16.6 Å². The van der Waals surface area contributed by atoms with Crippen LogP contribution >= 0.6 is 11.6 Å². The van der Waals surface area contributed by atoms with Gasteiger partial charge in [0.15, 0.2) is 6.61 Å². The fourth-order valence-corrected chi connectivity index (χ4v) is 2.47. The highest BCUT2D eigenvalue weighted by Crippen LogP contribution is 2.26. The summed E-state index contributed by atoms with van der Waals surface area (Å²) in [5, 5.41) is 18.8. The third kappa shape index (κ3) is 3.57. The molecule has 2 aromatic heterocycles. The smallest absolute Gasteiger partial charge is 0.345 e. The largest absolute Gasteiger partial charge is 0.466 e. The van der Waals surface area contributed by atoms with Gasteiger partial charge in [-0.15, -0.1) is 10.2 Å². The number of carbonyl (C=O) groups excluding carboxylic acids is 1. The molecule has 0 N–H and O–H groups in total. The molecule has 0 radical (unpaired) electrons. The number of rotatable bonds is 5. The molecule has 0 amide bonds. The topological polar surface area (TPSA) is 122 Å². The van der Waals surface area contributed by atoms with E-state index in [-0.39, 0.29) is 29.0 Å². The Morgan fingerprint density at radius 1 is 1.27 bits per heavy atom. The lowest BCUT2D eigenvalue weighted by Crippen LogP contribution is -2.08. The van der Waals surface area contributed by atoms with E-state index in [0.29, 0.717) is 17.1 Å². The molecule has 0 aliphatic carbocycles. The van der Waals surface area contributed by atoms with Crippen molar-refractivity contribution in [2.24, 2.45) is 0 Å². The second kappa shape index (κ2) is 6.96. The molecular formula is C16H12ClN3O6. The van der Waals surface area contributed by atoms with Gasteiger partial charge in [-0.25, -0.2) is 4.79 Å². The van der Waals surface area contributed by atoms with Crippen LogP contribution < -0.4 is 0 Å². The second-order valence-corrected chi connectivity index (χ2v) is 5.76. The summed E-state index contributed by atoms with van der Waals surface area (Å²) in [4.78, 5) is 22.5. The Hall–Kier alpha value is -3.20. The Morgan fingerprint density at radius 3 is 2.69 bits per heavy atom. The number of hydrogen-bond donors (Lipinski definition) is 0. The molecule has 2 heterocycles. The van der Waals surface area contributed by atoms with Crippen molar-refractivity contribution in [3.63, 3.8) is 0 Å². The van der Waals surface area contributed by atoms with Gasteiger partial charge in [0, 0.05) is 11.1 Å². The van der Waals surface area contributed by atoms with Crippen LogP contribution in [-0.4, -0.2) is 21.1 Å². The summed E-state index contributed by atoms with van der Waals surface area (Å²) in [6.07, 6.45) is 0. The molecule has 26 heavy (non-hydrogen) atoms. The fraction of sp³-hybridized carbons (Fsp3) is 0.188. The molecule has 134 valence electrons. The van der Waals surface area contributed by atoms with Gasteiger partial charge in [-0.05, 0) is 32.0 Å². The molecular weight excluding hydrogens is 366 g/mol. The monoisotopic (exact) mass is 377 g/mol. The van der Waals surface area contributed by atoms with Crippen LogP contribution in [0.1, 0.15) is 27.8 Å². The fourth-order valence-electron chi connectivity index (χ4n) is 2.30. The van der Waals surface area contributed by atoms with Crippen LogP contribution in [0, 0.1) is 24.0 Å². The van der Waals surface area contributed by atoms with Crippen LogP contribution in [0.25, 0.3) is 11.5 Å². The molecule has 1 aromatic carbocycles. The Kier molecular flexibility index (Phi) is 4.72. The van der Waals surface area contributed by atoms with Crippen molar-refractivity contribution in [2.75, 3.05) is 0 Å². The maximum Gasteiger partial charge on any atom is 0.345 e. The van der Waals surface area contributed by atoms with Crippen molar-refractivity contribution in [2.45, 2.75) is 20.5 Å². The molecule has 9 nitrogen and oxygen atoms in total. The van der Waals surface area contributed by atoms with Gasteiger partial charge >= 0.3 is 5.97 Å². The van der Waals surface area contributed by atoms with E-state index in [4.69, 9.17) is 25.2 Å². The number of carbonyl (C=O) groups is 1. The van der Waals surface area contributed by atoms with Crippen LogP contribution in [-0.2, 0) is 11.3 Å². The first-order chi connectivity index (χ1) is 12.3. The normalized spacial score (nSPS) is 10.7. The van der Waals surface area contributed by atoms with E-state index in [1.54, 1.807) is 19.9 Å². The minimum absolute atomic E-state index is 0.0382. The van der Waals surface area contributed by atoms with E-state index in [1.807, 2.05) is 0 Å². The highest BCUT2D eigenvalue weighted by atomic mass is 35.5. The van der Waals surface area contributed by atoms with Crippen molar-refractivity contribution < 1.29 is 23.3 Å². The van der Waals surface area contributed by atoms with Crippen LogP contribution in [0.15, 0.2) is 33.1 Å². The molecule has 0 aliphatic rings. The first-order valence-corrected chi connectivity index (χ1v) is 7.74. The lowest BCUT2D eigenvalue weighted by atomic mass is 10.2. The Balaban J connectivity index is 1.74. The van der Waals surface area contributed by atoms with Gasteiger partial charge in [0.2, 0.25) is 0 Å². The van der Waals surface area contributed by atoms with Crippen LogP contribution in [0.3, 0.4) is 0 Å². The van der Waals surface area contributed by atoms with E-state index in [0.717, 1.165) is 6.07 Å². The molecule has 0 aliphatic heterocycles. The second-order valence-electron chi connectivity index (χ2n) is 5.32. The summed E-state index contributed by atoms with van der Waals surface area (Å²) in [7, 11) is 0. The third-order valence-corrected chi connectivity index (χ3v) is 3.68. The van der Waals surface area contributed by atoms with E-state index in [9.17, 15) is 14.9 Å². The lowest BCUT2D eigenvalue weighted by Gasteiger charge is -2.03. The van der Waals surface area contributed by atoms with Crippen molar-refractivity contribution in [3.8, 4) is 11.5 Å². The quantitative estimate of drug-likeness (QED) is 0.373. The SMILES string of the molecule is Cc1cc(-c2nnc(COC(=O)c3cc(Cl)ccc3[N+](=O)[O-])o2)c(C)o1. The Bertz CT molecular complexity index is 994. The van der Waals surface area contributed by atoms with Crippen molar-refractivity contribution in [1.82, 2.24) is 10.2 Å². The number of nitro groups is 1. The van der Waals surface area contributed by atoms with Crippen LogP contribution in [0.4, 0.5) is 5.69 Å². The average Bonchev–Trinajstić information content (AvgIpc) is 3.18. The predicted octanol–water partition coefficient (Wildman–Crippen LogP) is 3.87. The number of nitrogens with zero attached hydrogens (tertiary/aromatic N) is 3.